The van der Waals surface area contributed by atoms with Crippen molar-refractivity contribution in [1.82, 2.24) is 24.5 Å². The Bertz CT molecular complexity index is 1680. The number of nitrogens with zero attached hydrogens (tertiary/aromatic N) is 5. The van der Waals surface area contributed by atoms with Gasteiger partial charge in [-0.1, -0.05) is 17.3 Å². The first-order valence-electron chi connectivity index (χ1n) is 13.2. The molecule has 5 aromatic rings. The first-order valence-corrected chi connectivity index (χ1v) is 13.2. The number of benzene rings is 2. The van der Waals surface area contributed by atoms with Crippen molar-refractivity contribution in [3.8, 4) is 11.3 Å². The monoisotopic (exact) mass is 531 g/mol. The van der Waals surface area contributed by atoms with E-state index >= 15 is 4.39 Å². The minimum Gasteiger partial charge on any atom is -0.386 e. The van der Waals surface area contributed by atoms with Gasteiger partial charge in [0, 0.05) is 43.0 Å². The third kappa shape index (κ3) is 4.39. The Morgan fingerprint density at radius 1 is 1.05 bits per heavy atom. The summed E-state index contributed by atoms with van der Waals surface area (Å²) in [5, 5.41) is 20.1. The average molecular weight is 532 g/mol. The molecule has 9 heteroatoms. The second kappa shape index (κ2) is 9.50. The Labute approximate surface area is 225 Å². The predicted molar refractivity (Wildman–Crippen MR) is 145 cm³/mol. The number of fused-ring (bicyclic) bond motifs is 3. The lowest BCUT2D eigenvalue weighted by atomic mass is 9.86. The average Bonchev–Trinajstić information content (AvgIpc) is 3.42. The van der Waals surface area contributed by atoms with Crippen LogP contribution in [0.5, 0.6) is 0 Å². The molecule has 0 amide bonds. The lowest BCUT2D eigenvalue weighted by molar-refractivity contribution is 0.0548. The smallest absolute Gasteiger partial charge is 0.128 e. The van der Waals surface area contributed by atoms with E-state index in [4.69, 9.17) is 9.72 Å². The van der Waals surface area contributed by atoms with Gasteiger partial charge in [-0.3, -0.25) is 4.98 Å². The van der Waals surface area contributed by atoms with Crippen molar-refractivity contribution < 1.29 is 18.6 Å². The number of hydrogen-bond donors (Lipinski definition) is 1. The maximum absolute atomic E-state index is 15.6. The zero-order valence-corrected chi connectivity index (χ0v) is 22.4. The van der Waals surface area contributed by atoms with Crippen molar-refractivity contribution in [3.05, 3.63) is 77.1 Å². The molecule has 6 rings (SSSR count). The molecule has 0 saturated carbocycles. The molecule has 1 atom stereocenters. The number of halogens is 2. The molecule has 2 aromatic carbocycles. The van der Waals surface area contributed by atoms with Gasteiger partial charge >= 0.3 is 0 Å². The van der Waals surface area contributed by atoms with Gasteiger partial charge in [-0.05, 0) is 75.4 Å². The summed E-state index contributed by atoms with van der Waals surface area (Å²) in [5.74, 6) is -0.961. The number of aromatic nitrogens is 5. The van der Waals surface area contributed by atoms with Gasteiger partial charge in [0.2, 0.25) is 0 Å². The molecule has 39 heavy (non-hydrogen) atoms. The Balaban J connectivity index is 1.72. The summed E-state index contributed by atoms with van der Waals surface area (Å²) in [6.45, 7) is 6.46. The summed E-state index contributed by atoms with van der Waals surface area (Å²) in [6, 6.07) is 10.9. The van der Waals surface area contributed by atoms with Crippen LogP contribution in [-0.2, 0) is 17.4 Å². The summed E-state index contributed by atoms with van der Waals surface area (Å²) in [5.41, 5.74) is 4.67. The van der Waals surface area contributed by atoms with Gasteiger partial charge in [-0.25, -0.2) is 13.5 Å². The summed E-state index contributed by atoms with van der Waals surface area (Å²) >= 11 is 0. The molecule has 1 aliphatic heterocycles. The van der Waals surface area contributed by atoms with Gasteiger partial charge in [0.1, 0.15) is 11.6 Å². The number of ether oxygens (including phenoxy) is 1. The van der Waals surface area contributed by atoms with Crippen molar-refractivity contribution in [2.75, 3.05) is 13.2 Å². The highest BCUT2D eigenvalue weighted by Crippen LogP contribution is 2.42. The van der Waals surface area contributed by atoms with Gasteiger partial charge in [0.25, 0.3) is 0 Å². The highest BCUT2D eigenvalue weighted by atomic mass is 19.1. The van der Waals surface area contributed by atoms with E-state index in [0.717, 1.165) is 50.5 Å². The van der Waals surface area contributed by atoms with Crippen LogP contribution in [0.15, 0.2) is 48.7 Å². The van der Waals surface area contributed by atoms with Gasteiger partial charge in [-0.15, -0.1) is 5.10 Å². The van der Waals surface area contributed by atoms with Gasteiger partial charge in [0.15, 0.2) is 0 Å². The zero-order valence-electron chi connectivity index (χ0n) is 22.4. The number of aliphatic hydroxyl groups is 1. The van der Waals surface area contributed by atoms with Crippen LogP contribution in [0.25, 0.3) is 33.2 Å². The van der Waals surface area contributed by atoms with Gasteiger partial charge in [-0.2, -0.15) is 0 Å². The standard InChI is InChI=1S/C30H31F2N5O2/c1-17-28(36(4)35-34-17)19-13-26-27(33-16-19)22-7-5-20(30(2,3)38)14-25(22)37(26)29(18-9-11-39-12-10-18)23-15-21(31)6-8-24(23)32/h5-8,13-16,18,29,38H,9-12H2,1-4H3. The summed E-state index contributed by atoms with van der Waals surface area (Å²) in [7, 11) is 1.83. The van der Waals surface area contributed by atoms with Crippen molar-refractivity contribution in [2.45, 2.75) is 45.3 Å². The van der Waals surface area contributed by atoms with E-state index in [1.165, 1.54) is 12.1 Å². The Kier molecular flexibility index (Phi) is 6.23. The van der Waals surface area contributed by atoms with Crippen LogP contribution in [0.2, 0.25) is 0 Å². The number of hydrogen-bond acceptors (Lipinski definition) is 5. The third-order valence-electron chi connectivity index (χ3n) is 7.88. The largest absolute Gasteiger partial charge is 0.386 e. The Morgan fingerprint density at radius 3 is 2.51 bits per heavy atom. The Hall–Kier alpha value is -3.69. The second-order valence-corrected chi connectivity index (χ2v) is 11.0. The fourth-order valence-corrected chi connectivity index (χ4v) is 5.95. The van der Waals surface area contributed by atoms with Crippen LogP contribution in [0.1, 0.15) is 49.6 Å². The van der Waals surface area contributed by atoms with Crippen LogP contribution in [0.4, 0.5) is 8.78 Å². The van der Waals surface area contributed by atoms with Crippen LogP contribution >= 0.6 is 0 Å². The molecule has 0 bridgehead atoms. The van der Waals surface area contributed by atoms with E-state index in [-0.39, 0.29) is 11.5 Å². The molecule has 202 valence electrons. The number of pyridine rings is 1. The summed E-state index contributed by atoms with van der Waals surface area (Å²) in [4.78, 5) is 4.88. The first kappa shape index (κ1) is 25.6. The molecule has 7 nitrogen and oxygen atoms in total. The van der Waals surface area contributed by atoms with E-state index in [0.29, 0.717) is 26.1 Å². The highest BCUT2D eigenvalue weighted by Gasteiger charge is 2.33. The molecule has 1 N–H and O–H groups in total. The molecular formula is C30H31F2N5O2. The molecule has 0 radical (unpaired) electrons. The van der Waals surface area contributed by atoms with Crippen molar-refractivity contribution in [2.24, 2.45) is 13.0 Å². The number of rotatable bonds is 5. The lowest BCUT2D eigenvalue weighted by Crippen LogP contribution is -2.28. The van der Waals surface area contributed by atoms with Gasteiger partial charge < -0.3 is 14.4 Å². The van der Waals surface area contributed by atoms with Crippen LogP contribution in [-0.4, -0.2) is 42.9 Å². The van der Waals surface area contributed by atoms with Crippen LogP contribution in [0, 0.1) is 24.5 Å². The lowest BCUT2D eigenvalue weighted by Gasteiger charge is -2.33. The third-order valence-corrected chi connectivity index (χ3v) is 7.88. The second-order valence-electron chi connectivity index (χ2n) is 11.0. The maximum atomic E-state index is 15.6. The first-order chi connectivity index (χ1) is 18.6. The van der Waals surface area contributed by atoms with E-state index in [9.17, 15) is 9.50 Å². The fourth-order valence-electron chi connectivity index (χ4n) is 5.95. The molecule has 1 fully saturated rings. The van der Waals surface area contributed by atoms with Crippen LogP contribution in [0.3, 0.4) is 0 Å². The van der Waals surface area contributed by atoms with E-state index in [1.807, 2.05) is 38.2 Å². The topological polar surface area (TPSA) is 78.0 Å². The fraction of sp³-hybridized carbons (Fsp3) is 0.367. The Morgan fingerprint density at radius 2 is 1.82 bits per heavy atom. The molecule has 0 spiro atoms. The van der Waals surface area contributed by atoms with Gasteiger partial charge in [0.05, 0.1) is 39.6 Å². The summed E-state index contributed by atoms with van der Waals surface area (Å²) in [6.07, 6.45) is 3.20. The highest BCUT2D eigenvalue weighted by molar-refractivity contribution is 6.07. The van der Waals surface area contributed by atoms with Crippen molar-refractivity contribution in [3.63, 3.8) is 0 Å². The SMILES string of the molecule is Cc1nnn(C)c1-c1cnc2c3ccc(C(C)(C)O)cc3n(C(c3cc(F)ccc3F)C3CCOCC3)c2c1. The molecule has 4 heterocycles. The van der Waals surface area contributed by atoms with Crippen molar-refractivity contribution in [1.29, 1.82) is 0 Å². The van der Waals surface area contributed by atoms with Crippen LogP contribution < -0.4 is 0 Å². The minimum atomic E-state index is -1.09. The van der Waals surface area contributed by atoms with E-state index in [2.05, 4.69) is 14.9 Å². The normalized spacial score (nSPS) is 15.9. The molecule has 1 saturated heterocycles. The summed E-state index contributed by atoms with van der Waals surface area (Å²) < 4.78 is 39.6. The van der Waals surface area contributed by atoms with Crippen molar-refractivity contribution >= 4 is 21.9 Å². The maximum Gasteiger partial charge on any atom is 0.128 e. The minimum absolute atomic E-state index is 0.0107. The predicted octanol–water partition coefficient (Wildman–Crippen LogP) is 5.82. The molecule has 0 aliphatic carbocycles. The number of aryl methyl sites for hydroxylation is 2. The molecule has 1 unspecified atom stereocenters. The molecule has 1 aliphatic rings. The van der Waals surface area contributed by atoms with E-state index < -0.39 is 23.3 Å². The zero-order chi connectivity index (χ0) is 27.5. The quantitative estimate of drug-likeness (QED) is 0.310. The molecule has 3 aromatic heterocycles. The molecular weight excluding hydrogens is 500 g/mol. The van der Waals surface area contributed by atoms with E-state index in [1.54, 1.807) is 24.7 Å².